The molecular formula is C16H26ClN. The lowest BCUT2D eigenvalue weighted by molar-refractivity contribution is 0.485. The van der Waals surface area contributed by atoms with E-state index in [1.54, 1.807) is 0 Å². The molecule has 1 N–H and O–H groups in total. The quantitative estimate of drug-likeness (QED) is 0.671. The summed E-state index contributed by atoms with van der Waals surface area (Å²) in [5.74, 6) is 0. The Balaban J connectivity index is 2.46. The van der Waals surface area contributed by atoms with Crippen LogP contribution in [0.1, 0.15) is 50.2 Å². The van der Waals surface area contributed by atoms with Crippen molar-refractivity contribution in [2.45, 2.75) is 58.4 Å². The average Bonchev–Trinajstić information content (AvgIpc) is 2.35. The highest BCUT2D eigenvalue weighted by atomic mass is 35.5. The zero-order chi connectivity index (χ0) is 13.4. The SMILES string of the molecule is CCCCCCC(Cc1ccc(C)cc1Cl)NC. The van der Waals surface area contributed by atoms with Gasteiger partial charge >= 0.3 is 0 Å². The standard InChI is InChI=1S/C16H26ClN/c1-4-5-6-7-8-15(18-3)12-14-10-9-13(2)11-16(14)17/h9-11,15,18H,4-8,12H2,1-3H3. The van der Waals surface area contributed by atoms with E-state index in [0.29, 0.717) is 6.04 Å². The Morgan fingerprint density at radius 3 is 2.61 bits per heavy atom. The molecule has 2 heteroatoms. The van der Waals surface area contributed by atoms with Gasteiger partial charge < -0.3 is 5.32 Å². The van der Waals surface area contributed by atoms with Crippen LogP contribution in [-0.2, 0) is 6.42 Å². The van der Waals surface area contributed by atoms with Crippen molar-refractivity contribution in [3.05, 3.63) is 34.3 Å². The van der Waals surface area contributed by atoms with Gasteiger partial charge in [0.05, 0.1) is 0 Å². The Labute approximate surface area is 117 Å². The summed E-state index contributed by atoms with van der Waals surface area (Å²) in [6.45, 7) is 4.33. The van der Waals surface area contributed by atoms with Gasteiger partial charge in [-0.25, -0.2) is 0 Å². The lowest BCUT2D eigenvalue weighted by atomic mass is 9.99. The minimum absolute atomic E-state index is 0.544. The van der Waals surface area contributed by atoms with Crippen molar-refractivity contribution in [3.63, 3.8) is 0 Å². The predicted octanol–water partition coefficient (Wildman–Crippen LogP) is 4.75. The van der Waals surface area contributed by atoms with Crippen LogP contribution in [0.4, 0.5) is 0 Å². The van der Waals surface area contributed by atoms with Crippen LogP contribution in [-0.4, -0.2) is 13.1 Å². The van der Waals surface area contributed by atoms with Gasteiger partial charge in [-0.3, -0.25) is 0 Å². The van der Waals surface area contributed by atoms with Gasteiger partial charge in [0.15, 0.2) is 0 Å². The third kappa shape index (κ3) is 5.41. The fourth-order valence-electron chi connectivity index (χ4n) is 2.25. The molecule has 0 fully saturated rings. The van der Waals surface area contributed by atoms with E-state index < -0.39 is 0 Å². The first-order valence-electron chi connectivity index (χ1n) is 7.09. The number of hydrogen-bond acceptors (Lipinski definition) is 1. The first-order chi connectivity index (χ1) is 8.67. The second-order valence-corrected chi connectivity index (χ2v) is 5.54. The molecule has 0 aromatic heterocycles. The number of aryl methyl sites for hydroxylation is 1. The Morgan fingerprint density at radius 1 is 1.22 bits per heavy atom. The molecule has 1 nitrogen and oxygen atoms in total. The van der Waals surface area contributed by atoms with Crippen molar-refractivity contribution in [1.29, 1.82) is 0 Å². The molecule has 0 heterocycles. The van der Waals surface area contributed by atoms with Gasteiger partial charge in [0.25, 0.3) is 0 Å². The Morgan fingerprint density at radius 2 is 2.00 bits per heavy atom. The number of halogens is 1. The third-order valence-electron chi connectivity index (χ3n) is 3.49. The van der Waals surface area contributed by atoms with Crippen LogP contribution in [0.2, 0.25) is 5.02 Å². The molecule has 0 aliphatic heterocycles. The third-order valence-corrected chi connectivity index (χ3v) is 3.84. The largest absolute Gasteiger partial charge is 0.317 e. The lowest BCUT2D eigenvalue weighted by Crippen LogP contribution is -2.27. The molecule has 1 aromatic rings. The van der Waals surface area contributed by atoms with Gasteiger partial charge in [-0.1, -0.05) is 56.3 Å². The smallest absolute Gasteiger partial charge is 0.0441 e. The summed E-state index contributed by atoms with van der Waals surface area (Å²) < 4.78 is 0. The Bertz CT molecular complexity index is 349. The molecule has 0 amide bonds. The number of benzene rings is 1. The molecule has 1 atom stereocenters. The fourth-order valence-corrected chi connectivity index (χ4v) is 2.56. The summed E-state index contributed by atoms with van der Waals surface area (Å²) in [6.07, 6.45) is 7.57. The Hall–Kier alpha value is -0.530. The van der Waals surface area contributed by atoms with E-state index in [-0.39, 0.29) is 0 Å². The monoisotopic (exact) mass is 267 g/mol. The van der Waals surface area contributed by atoms with Gasteiger partial charge in [-0.05, 0) is 44.0 Å². The predicted molar refractivity (Wildman–Crippen MR) is 81.5 cm³/mol. The number of nitrogens with one attached hydrogen (secondary N) is 1. The highest BCUT2D eigenvalue weighted by Crippen LogP contribution is 2.20. The number of unbranched alkanes of at least 4 members (excludes halogenated alkanes) is 3. The van der Waals surface area contributed by atoms with Gasteiger partial charge in [-0.15, -0.1) is 0 Å². The minimum Gasteiger partial charge on any atom is -0.317 e. The summed E-state index contributed by atoms with van der Waals surface area (Å²) >= 11 is 6.29. The van der Waals surface area contributed by atoms with Crippen molar-refractivity contribution < 1.29 is 0 Å². The summed E-state index contributed by atoms with van der Waals surface area (Å²) in [7, 11) is 2.05. The maximum atomic E-state index is 6.29. The zero-order valence-corrected chi connectivity index (χ0v) is 12.7. The van der Waals surface area contributed by atoms with E-state index in [4.69, 9.17) is 11.6 Å². The molecule has 0 spiro atoms. The minimum atomic E-state index is 0.544. The summed E-state index contributed by atoms with van der Waals surface area (Å²) in [4.78, 5) is 0. The van der Waals surface area contributed by atoms with Crippen LogP contribution >= 0.6 is 11.6 Å². The topological polar surface area (TPSA) is 12.0 Å². The van der Waals surface area contributed by atoms with Crippen molar-refractivity contribution in [2.75, 3.05) is 7.05 Å². The van der Waals surface area contributed by atoms with Gasteiger partial charge in [0.2, 0.25) is 0 Å². The molecule has 0 bridgehead atoms. The zero-order valence-electron chi connectivity index (χ0n) is 11.9. The van der Waals surface area contributed by atoms with Gasteiger partial charge in [0, 0.05) is 11.1 Å². The fraction of sp³-hybridized carbons (Fsp3) is 0.625. The second kappa shape index (κ2) is 8.55. The van der Waals surface area contributed by atoms with E-state index in [1.165, 1.54) is 43.2 Å². The molecule has 0 radical (unpaired) electrons. The molecule has 1 unspecified atom stereocenters. The van der Waals surface area contributed by atoms with E-state index in [9.17, 15) is 0 Å². The van der Waals surface area contributed by atoms with E-state index in [1.807, 2.05) is 7.05 Å². The molecule has 1 rings (SSSR count). The van der Waals surface area contributed by atoms with E-state index >= 15 is 0 Å². The first-order valence-corrected chi connectivity index (χ1v) is 7.47. The van der Waals surface area contributed by atoms with Crippen LogP contribution in [0.5, 0.6) is 0 Å². The second-order valence-electron chi connectivity index (χ2n) is 5.13. The van der Waals surface area contributed by atoms with Crippen LogP contribution < -0.4 is 5.32 Å². The first kappa shape index (κ1) is 15.5. The Kier molecular flexibility index (Phi) is 7.38. The van der Waals surface area contributed by atoms with Crippen LogP contribution in [0, 0.1) is 6.92 Å². The average molecular weight is 268 g/mol. The molecule has 0 aliphatic carbocycles. The maximum absolute atomic E-state index is 6.29. The normalized spacial score (nSPS) is 12.7. The van der Waals surface area contributed by atoms with Crippen molar-refractivity contribution in [3.8, 4) is 0 Å². The summed E-state index contributed by atoms with van der Waals surface area (Å²) in [5.41, 5.74) is 2.49. The van der Waals surface area contributed by atoms with Gasteiger partial charge in [-0.2, -0.15) is 0 Å². The van der Waals surface area contributed by atoms with Gasteiger partial charge in [0.1, 0.15) is 0 Å². The van der Waals surface area contributed by atoms with Crippen molar-refractivity contribution in [1.82, 2.24) is 5.32 Å². The molecule has 102 valence electrons. The van der Waals surface area contributed by atoms with Crippen molar-refractivity contribution >= 4 is 11.6 Å². The van der Waals surface area contributed by atoms with E-state index in [2.05, 4.69) is 37.4 Å². The molecule has 0 aliphatic rings. The molecular weight excluding hydrogens is 242 g/mol. The molecule has 18 heavy (non-hydrogen) atoms. The van der Waals surface area contributed by atoms with Crippen LogP contribution in [0.25, 0.3) is 0 Å². The van der Waals surface area contributed by atoms with Crippen LogP contribution in [0.15, 0.2) is 18.2 Å². The number of hydrogen-bond donors (Lipinski definition) is 1. The molecule has 0 saturated carbocycles. The van der Waals surface area contributed by atoms with E-state index in [0.717, 1.165) is 11.4 Å². The number of rotatable bonds is 8. The summed E-state index contributed by atoms with van der Waals surface area (Å²) in [6, 6.07) is 6.90. The lowest BCUT2D eigenvalue weighted by Gasteiger charge is -2.17. The summed E-state index contributed by atoms with van der Waals surface area (Å²) in [5, 5.41) is 4.32. The highest BCUT2D eigenvalue weighted by Gasteiger charge is 2.09. The van der Waals surface area contributed by atoms with Crippen LogP contribution in [0.3, 0.4) is 0 Å². The molecule has 0 saturated heterocycles. The molecule has 1 aromatic carbocycles. The number of likely N-dealkylation sites (N-methyl/N-ethyl adjacent to an activating group) is 1. The van der Waals surface area contributed by atoms with Crippen molar-refractivity contribution in [2.24, 2.45) is 0 Å². The highest BCUT2D eigenvalue weighted by molar-refractivity contribution is 6.31. The maximum Gasteiger partial charge on any atom is 0.0441 e.